The average Bonchev–Trinajstić information content (AvgIpc) is 2.22. The van der Waals surface area contributed by atoms with Gasteiger partial charge in [0.25, 0.3) is 0 Å². The molecule has 0 amide bonds. The lowest BCUT2D eigenvalue weighted by molar-refractivity contribution is 0.208. The molecule has 4 atom stereocenters. The first-order valence-corrected chi connectivity index (χ1v) is 6.97. The molecule has 1 nitrogen and oxygen atoms in total. The Morgan fingerprint density at radius 2 is 1.87 bits per heavy atom. The summed E-state index contributed by atoms with van der Waals surface area (Å²) in [5.41, 5.74) is 0. The van der Waals surface area contributed by atoms with E-state index in [1.165, 1.54) is 51.5 Å². The van der Waals surface area contributed by atoms with E-state index < -0.39 is 0 Å². The highest BCUT2D eigenvalue weighted by atomic mass is 14.9. The molecule has 88 valence electrons. The van der Waals surface area contributed by atoms with Gasteiger partial charge in [0.1, 0.15) is 0 Å². The summed E-state index contributed by atoms with van der Waals surface area (Å²) in [5.74, 6) is 3.03. The van der Waals surface area contributed by atoms with E-state index in [0.29, 0.717) is 0 Å². The van der Waals surface area contributed by atoms with Crippen molar-refractivity contribution in [2.75, 3.05) is 6.54 Å². The molecule has 1 heteroatoms. The van der Waals surface area contributed by atoms with Gasteiger partial charge in [-0.3, -0.25) is 0 Å². The molecule has 15 heavy (non-hydrogen) atoms. The number of hydrogen-bond donors (Lipinski definition) is 1. The highest BCUT2D eigenvalue weighted by molar-refractivity contribution is 4.79. The maximum atomic E-state index is 3.63. The number of rotatable bonds is 2. The predicted molar refractivity (Wildman–Crippen MR) is 65.9 cm³/mol. The molecule has 1 saturated carbocycles. The summed E-state index contributed by atoms with van der Waals surface area (Å²) in [7, 11) is 0. The topological polar surface area (TPSA) is 12.0 Å². The molecule has 1 N–H and O–H groups in total. The summed E-state index contributed by atoms with van der Waals surface area (Å²) in [6.07, 6.45) is 10.4. The molecule has 1 aliphatic carbocycles. The summed E-state index contributed by atoms with van der Waals surface area (Å²) < 4.78 is 0. The SMILES string of the molecule is CC1CCCC(CC2CCC(C)NC2)C1. The van der Waals surface area contributed by atoms with Crippen LogP contribution in [-0.2, 0) is 0 Å². The van der Waals surface area contributed by atoms with E-state index >= 15 is 0 Å². The van der Waals surface area contributed by atoms with Crippen molar-refractivity contribution in [3.8, 4) is 0 Å². The van der Waals surface area contributed by atoms with Crippen molar-refractivity contribution in [2.24, 2.45) is 17.8 Å². The van der Waals surface area contributed by atoms with E-state index in [0.717, 1.165) is 23.8 Å². The summed E-state index contributed by atoms with van der Waals surface area (Å²) in [6.45, 7) is 6.04. The zero-order chi connectivity index (χ0) is 10.7. The average molecular weight is 209 g/mol. The molecule has 1 heterocycles. The summed E-state index contributed by atoms with van der Waals surface area (Å²) in [5, 5.41) is 3.63. The third-order valence-electron chi connectivity index (χ3n) is 4.47. The van der Waals surface area contributed by atoms with E-state index in [2.05, 4.69) is 19.2 Å². The van der Waals surface area contributed by atoms with Crippen LogP contribution in [-0.4, -0.2) is 12.6 Å². The molecule has 2 aliphatic rings. The summed E-state index contributed by atoms with van der Waals surface area (Å²) in [6, 6.07) is 0.770. The van der Waals surface area contributed by atoms with Crippen LogP contribution in [0.1, 0.15) is 58.8 Å². The van der Waals surface area contributed by atoms with Gasteiger partial charge in [-0.2, -0.15) is 0 Å². The van der Waals surface area contributed by atoms with Crippen LogP contribution in [0.3, 0.4) is 0 Å². The Labute approximate surface area is 95.0 Å². The highest BCUT2D eigenvalue weighted by Crippen LogP contribution is 2.34. The Balaban J connectivity index is 1.71. The van der Waals surface area contributed by atoms with Gasteiger partial charge in [0.2, 0.25) is 0 Å². The van der Waals surface area contributed by atoms with Gasteiger partial charge in [0, 0.05) is 6.04 Å². The second kappa shape index (κ2) is 5.34. The van der Waals surface area contributed by atoms with Crippen molar-refractivity contribution >= 4 is 0 Å². The Hall–Kier alpha value is -0.0400. The quantitative estimate of drug-likeness (QED) is 0.733. The Morgan fingerprint density at radius 1 is 1.00 bits per heavy atom. The molecular weight excluding hydrogens is 182 g/mol. The minimum Gasteiger partial charge on any atom is -0.314 e. The van der Waals surface area contributed by atoms with Crippen molar-refractivity contribution in [3.05, 3.63) is 0 Å². The Bertz CT molecular complexity index is 182. The first kappa shape index (κ1) is 11.4. The molecule has 1 saturated heterocycles. The van der Waals surface area contributed by atoms with E-state index in [1.807, 2.05) is 0 Å². The number of piperidine rings is 1. The zero-order valence-electron chi connectivity index (χ0n) is 10.5. The van der Waals surface area contributed by atoms with Gasteiger partial charge in [0.05, 0.1) is 0 Å². The van der Waals surface area contributed by atoms with Crippen LogP contribution in [0, 0.1) is 17.8 Å². The van der Waals surface area contributed by atoms with E-state index in [1.54, 1.807) is 0 Å². The lowest BCUT2D eigenvalue weighted by Gasteiger charge is -2.33. The van der Waals surface area contributed by atoms with Crippen LogP contribution < -0.4 is 5.32 Å². The van der Waals surface area contributed by atoms with Crippen LogP contribution in [0.15, 0.2) is 0 Å². The predicted octanol–water partition coefficient (Wildman–Crippen LogP) is 3.59. The minimum absolute atomic E-state index is 0.770. The van der Waals surface area contributed by atoms with Crippen LogP contribution in [0.5, 0.6) is 0 Å². The largest absolute Gasteiger partial charge is 0.314 e. The molecule has 0 aromatic heterocycles. The van der Waals surface area contributed by atoms with E-state index in [9.17, 15) is 0 Å². The van der Waals surface area contributed by atoms with Gasteiger partial charge in [-0.15, -0.1) is 0 Å². The fraction of sp³-hybridized carbons (Fsp3) is 1.00. The number of hydrogen-bond acceptors (Lipinski definition) is 1. The van der Waals surface area contributed by atoms with Crippen LogP contribution >= 0.6 is 0 Å². The van der Waals surface area contributed by atoms with E-state index in [-0.39, 0.29) is 0 Å². The Morgan fingerprint density at radius 3 is 2.53 bits per heavy atom. The third-order valence-corrected chi connectivity index (χ3v) is 4.47. The normalized spacial score (nSPS) is 42.8. The first-order valence-electron chi connectivity index (χ1n) is 6.97. The lowest BCUT2D eigenvalue weighted by Crippen LogP contribution is -2.37. The highest BCUT2D eigenvalue weighted by Gasteiger charge is 2.24. The van der Waals surface area contributed by atoms with Gasteiger partial charge in [-0.05, 0) is 56.9 Å². The molecule has 4 unspecified atom stereocenters. The minimum atomic E-state index is 0.770. The number of nitrogens with one attached hydrogen (secondary N) is 1. The lowest BCUT2D eigenvalue weighted by atomic mass is 9.76. The van der Waals surface area contributed by atoms with Gasteiger partial charge >= 0.3 is 0 Å². The molecule has 0 aromatic carbocycles. The van der Waals surface area contributed by atoms with Gasteiger partial charge < -0.3 is 5.32 Å². The smallest absolute Gasteiger partial charge is 0.00389 e. The third kappa shape index (κ3) is 3.48. The summed E-state index contributed by atoms with van der Waals surface area (Å²) >= 11 is 0. The van der Waals surface area contributed by atoms with Crippen molar-refractivity contribution in [3.63, 3.8) is 0 Å². The van der Waals surface area contributed by atoms with Gasteiger partial charge in [-0.25, -0.2) is 0 Å². The van der Waals surface area contributed by atoms with Crippen LogP contribution in [0.2, 0.25) is 0 Å². The second-order valence-corrected chi connectivity index (χ2v) is 6.13. The van der Waals surface area contributed by atoms with Crippen LogP contribution in [0.25, 0.3) is 0 Å². The van der Waals surface area contributed by atoms with Crippen molar-refractivity contribution in [1.82, 2.24) is 5.32 Å². The maximum Gasteiger partial charge on any atom is 0.00389 e. The molecule has 0 bridgehead atoms. The summed E-state index contributed by atoms with van der Waals surface area (Å²) in [4.78, 5) is 0. The molecule has 1 aliphatic heterocycles. The van der Waals surface area contributed by atoms with Crippen LogP contribution in [0.4, 0.5) is 0 Å². The zero-order valence-corrected chi connectivity index (χ0v) is 10.5. The monoisotopic (exact) mass is 209 g/mol. The molecule has 0 spiro atoms. The van der Waals surface area contributed by atoms with Crippen molar-refractivity contribution in [2.45, 2.75) is 64.8 Å². The van der Waals surface area contributed by atoms with Gasteiger partial charge in [-0.1, -0.05) is 26.2 Å². The van der Waals surface area contributed by atoms with Crippen molar-refractivity contribution < 1.29 is 0 Å². The van der Waals surface area contributed by atoms with E-state index in [4.69, 9.17) is 0 Å². The molecule has 2 rings (SSSR count). The second-order valence-electron chi connectivity index (χ2n) is 6.13. The molecular formula is C14H27N. The first-order chi connectivity index (χ1) is 7.24. The van der Waals surface area contributed by atoms with Gasteiger partial charge in [0.15, 0.2) is 0 Å². The molecule has 2 fully saturated rings. The standard InChI is InChI=1S/C14H27N/c1-11-4-3-5-13(8-11)9-14-7-6-12(2)15-10-14/h11-15H,3-10H2,1-2H3. The fourth-order valence-electron chi connectivity index (χ4n) is 3.50. The fourth-order valence-corrected chi connectivity index (χ4v) is 3.50. The molecule has 0 aromatic rings. The molecule has 0 radical (unpaired) electrons. The van der Waals surface area contributed by atoms with Crippen molar-refractivity contribution in [1.29, 1.82) is 0 Å². The Kier molecular flexibility index (Phi) is 4.07. The maximum absolute atomic E-state index is 3.63.